The predicted octanol–water partition coefficient (Wildman–Crippen LogP) is 2.56. The van der Waals surface area contributed by atoms with Crippen LogP contribution < -0.4 is 0 Å². The molecule has 2 rings (SSSR count). The minimum absolute atomic E-state index is 0.0148. The Hall–Kier alpha value is -1.06. The molecule has 0 aliphatic carbocycles. The van der Waals surface area contributed by atoms with E-state index in [0.29, 0.717) is 5.75 Å². The van der Waals surface area contributed by atoms with Crippen molar-refractivity contribution in [3.8, 4) is 5.75 Å². The number of hydrogen-bond donors (Lipinski definition) is 1. The second-order valence-corrected chi connectivity index (χ2v) is 6.27. The zero-order chi connectivity index (χ0) is 13.9. The van der Waals surface area contributed by atoms with Crippen LogP contribution in [0.3, 0.4) is 0 Å². The lowest BCUT2D eigenvalue weighted by molar-refractivity contribution is 0.0384. The molecule has 0 bridgehead atoms. The largest absolute Gasteiger partial charge is 0.507 e. The predicted molar refractivity (Wildman–Crippen MR) is 77.8 cm³/mol. The molecule has 1 heterocycles. The van der Waals surface area contributed by atoms with E-state index >= 15 is 0 Å². The summed E-state index contributed by atoms with van der Waals surface area (Å²) in [5.74, 6) is 0.475. The first-order valence-electron chi connectivity index (χ1n) is 7.10. The number of nitrogens with zero attached hydrogens (tertiary/aromatic N) is 1. The van der Waals surface area contributed by atoms with Crippen molar-refractivity contribution in [2.45, 2.75) is 32.6 Å². The van der Waals surface area contributed by atoms with Crippen LogP contribution in [0.5, 0.6) is 5.75 Å². The maximum absolute atomic E-state index is 10.4. The number of aromatic hydroxyl groups is 1. The van der Waals surface area contributed by atoms with E-state index in [-0.39, 0.29) is 5.41 Å². The number of benzene rings is 1. The Morgan fingerprint density at radius 1 is 1.21 bits per heavy atom. The van der Waals surface area contributed by atoms with Gasteiger partial charge in [-0.2, -0.15) is 0 Å². The van der Waals surface area contributed by atoms with E-state index in [1.165, 1.54) is 0 Å². The summed E-state index contributed by atoms with van der Waals surface area (Å²) in [7, 11) is 0. The first-order chi connectivity index (χ1) is 8.98. The summed E-state index contributed by atoms with van der Waals surface area (Å²) in [5, 5.41) is 10.4. The molecule has 0 radical (unpaired) electrons. The van der Waals surface area contributed by atoms with Crippen LogP contribution in [0.25, 0.3) is 0 Å². The molecule has 1 aliphatic heterocycles. The van der Waals surface area contributed by atoms with Crippen LogP contribution in [0.15, 0.2) is 18.2 Å². The Morgan fingerprint density at radius 3 is 2.53 bits per heavy atom. The lowest BCUT2D eigenvalue weighted by Gasteiger charge is -2.27. The first-order valence-corrected chi connectivity index (χ1v) is 7.10. The minimum Gasteiger partial charge on any atom is -0.507 e. The molecule has 0 saturated carbocycles. The third-order valence-corrected chi connectivity index (χ3v) is 3.73. The molecule has 0 spiro atoms. The highest BCUT2D eigenvalue weighted by molar-refractivity contribution is 5.44. The van der Waals surface area contributed by atoms with E-state index in [1.807, 2.05) is 12.1 Å². The molecule has 3 nitrogen and oxygen atoms in total. The molecule has 0 aromatic heterocycles. The second-order valence-electron chi connectivity index (χ2n) is 6.27. The molecule has 0 atom stereocenters. The first kappa shape index (κ1) is 14.4. The third-order valence-electron chi connectivity index (χ3n) is 3.73. The molecule has 1 aromatic rings. The summed E-state index contributed by atoms with van der Waals surface area (Å²) < 4.78 is 5.35. The summed E-state index contributed by atoms with van der Waals surface area (Å²) in [6.07, 6.45) is 0.899. The van der Waals surface area contributed by atoms with Crippen LogP contribution >= 0.6 is 0 Å². The average Bonchev–Trinajstić information content (AvgIpc) is 2.37. The monoisotopic (exact) mass is 263 g/mol. The summed E-state index contributed by atoms with van der Waals surface area (Å²) >= 11 is 0. The van der Waals surface area contributed by atoms with E-state index in [9.17, 15) is 5.11 Å². The van der Waals surface area contributed by atoms with Crippen molar-refractivity contribution in [1.29, 1.82) is 0 Å². The number of phenols is 1. The fourth-order valence-corrected chi connectivity index (χ4v) is 2.50. The van der Waals surface area contributed by atoms with E-state index < -0.39 is 0 Å². The Morgan fingerprint density at radius 2 is 1.89 bits per heavy atom. The number of phenolic OH excluding ortho intramolecular Hbond substituents is 1. The fraction of sp³-hybridized carbons (Fsp3) is 0.625. The van der Waals surface area contributed by atoms with Gasteiger partial charge in [0.1, 0.15) is 5.75 Å². The average molecular weight is 263 g/mol. The molecule has 3 heteroatoms. The zero-order valence-corrected chi connectivity index (χ0v) is 12.3. The van der Waals surface area contributed by atoms with Gasteiger partial charge >= 0.3 is 0 Å². The summed E-state index contributed by atoms with van der Waals surface area (Å²) in [5.41, 5.74) is 2.07. The van der Waals surface area contributed by atoms with E-state index in [4.69, 9.17) is 4.74 Å². The van der Waals surface area contributed by atoms with Crippen LogP contribution in [-0.2, 0) is 16.6 Å². The van der Waals surface area contributed by atoms with Gasteiger partial charge < -0.3 is 9.84 Å². The zero-order valence-electron chi connectivity index (χ0n) is 12.3. The van der Waals surface area contributed by atoms with Crippen LogP contribution in [0.1, 0.15) is 31.9 Å². The van der Waals surface area contributed by atoms with Crippen LogP contribution in [-0.4, -0.2) is 42.9 Å². The Labute approximate surface area is 116 Å². The van der Waals surface area contributed by atoms with E-state index in [1.54, 1.807) is 0 Å². The van der Waals surface area contributed by atoms with Gasteiger partial charge in [-0.05, 0) is 23.0 Å². The SMILES string of the molecule is CC(C)(C)c1cccc(CCN2CCOCC2)c1O. The quantitative estimate of drug-likeness (QED) is 0.909. The van der Waals surface area contributed by atoms with Gasteiger partial charge in [0.15, 0.2) is 0 Å². The molecule has 1 N–H and O–H groups in total. The van der Waals surface area contributed by atoms with E-state index in [0.717, 1.165) is 50.4 Å². The normalized spacial score (nSPS) is 17.6. The second kappa shape index (κ2) is 5.93. The maximum Gasteiger partial charge on any atom is 0.122 e. The van der Waals surface area contributed by atoms with Crippen molar-refractivity contribution in [3.05, 3.63) is 29.3 Å². The maximum atomic E-state index is 10.4. The Kier molecular flexibility index (Phi) is 4.48. The summed E-state index contributed by atoms with van der Waals surface area (Å²) in [4.78, 5) is 2.40. The molecule has 19 heavy (non-hydrogen) atoms. The number of hydrogen-bond acceptors (Lipinski definition) is 3. The lowest BCUT2D eigenvalue weighted by Crippen LogP contribution is -2.37. The van der Waals surface area contributed by atoms with Gasteiger partial charge in [-0.25, -0.2) is 0 Å². The van der Waals surface area contributed by atoms with Gasteiger partial charge in [-0.1, -0.05) is 39.0 Å². The van der Waals surface area contributed by atoms with Gasteiger partial charge in [-0.15, -0.1) is 0 Å². The summed E-state index contributed by atoms with van der Waals surface area (Å²) in [6, 6.07) is 6.10. The topological polar surface area (TPSA) is 32.7 Å². The van der Waals surface area contributed by atoms with Gasteiger partial charge in [0.05, 0.1) is 13.2 Å². The molecule has 1 aromatic carbocycles. The lowest BCUT2D eigenvalue weighted by atomic mass is 9.85. The Bertz CT molecular complexity index is 417. The Balaban J connectivity index is 2.04. The van der Waals surface area contributed by atoms with Crippen molar-refractivity contribution >= 4 is 0 Å². The van der Waals surface area contributed by atoms with Crippen molar-refractivity contribution in [2.75, 3.05) is 32.8 Å². The van der Waals surface area contributed by atoms with Gasteiger partial charge in [0.2, 0.25) is 0 Å². The molecule has 1 fully saturated rings. The van der Waals surface area contributed by atoms with Crippen molar-refractivity contribution in [1.82, 2.24) is 4.90 Å². The van der Waals surface area contributed by atoms with Crippen molar-refractivity contribution < 1.29 is 9.84 Å². The molecule has 1 aliphatic rings. The highest BCUT2D eigenvalue weighted by atomic mass is 16.5. The summed E-state index contributed by atoms with van der Waals surface area (Å²) in [6.45, 7) is 11.0. The highest BCUT2D eigenvalue weighted by Gasteiger charge is 2.20. The number of para-hydroxylation sites is 1. The highest BCUT2D eigenvalue weighted by Crippen LogP contribution is 2.33. The smallest absolute Gasteiger partial charge is 0.122 e. The van der Waals surface area contributed by atoms with Gasteiger partial charge in [0.25, 0.3) is 0 Å². The molecule has 0 unspecified atom stereocenters. The van der Waals surface area contributed by atoms with Crippen molar-refractivity contribution in [3.63, 3.8) is 0 Å². The number of rotatable bonds is 3. The fourth-order valence-electron chi connectivity index (χ4n) is 2.50. The molecular formula is C16H25NO2. The number of ether oxygens (including phenoxy) is 1. The third kappa shape index (κ3) is 3.71. The molecule has 106 valence electrons. The number of morpholine rings is 1. The van der Waals surface area contributed by atoms with Gasteiger partial charge in [-0.3, -0.25) is 4.90 Å². The van der Waals surface area contributed by atoms with Crippen LogP contribution in [0.4, 0.5) is 0 Å². The van der Waals surface area contributed by atoms with Crippen LogP contribution in [0, 0.1) is 0 Å². The van der Waals surface area contributed by atoms with E-state index in [2.05, 4.69) is 31.7 Å². The van der Waals surface area contributed by atoms with Crippen molar-refractivity contribution in [2.24, 2.45) is 0 Å². The molecular weight excluding hydrogens is 238 g/mol. The van der Waals surface area contributed by atoms with Crippen LogP contribution in [0.2, 0.25) is 0 Å². The molecule has 1 saturated heterocycles. The standard InChI is InChI=1S/C16H25NO2/c1-16(2,3)14-6-4-5-13(15(14)18)7-8-17-9-11-19-12-10-17/h4-6,18H,7-12H2,1-3H3. The molecule has 0 amide bonds. The minimum atomic E-state index is -0.0148. The van der Waals surface area contributed by atoms with Gasteiger partial charge in [0, 0.05) is 19.6 Å².